The molecule has 5 atom stereocenters. The van der Waals surface area contributed by atoms with Crippen molar-refractivity contribution in [2.45, 2.75) is 50.3 Å². The standard InChI is InChI=1S/C20H23IO8/c1-19(23-3)20(2,24-4)29-18-14(6-5-13(22)17(18)28-19)25-9-11-7-15-16(8-12(11)21)27-10-26-15/h5-8,14,17-18H,9-10H2,1-4H3/t14-,17+,18+,19-,20-/m1/s1. The molecule has 1 aromatic carbocycles. The molecular weight excluding hydrogens is 495 g/mol. The molecular formula is C20H23IO8. The number of halogens is 1. The molecule has 8 nitrogen and oxygen atoms in total. The quantitative estimate of drug-likeness (QED) is 0.551. The van der Waals surface area contributed by atoms with Gasteiger partial charge in [0.15, 0.2) is 23.4 Å². The van der Waals surface area contributed by atoms with Crippen molar-refractivity contribution in [1.29, 1.82) is 0 Å². The van der Waals surface area contributed by atoms with Crippen LogP contribution < -0.4 is 9.47 Å². The van der Waals surface area contributed by atoms with Gasteiger partial charge in [0, 0.05) is 17.8 Å². The summed E-state index contributed by atoms with van der Waals surface area (Å²) in [4.78, 5) is 12.5. The Balaban J connectivity index is 1.54. The van der Waals surface area contributed by atoms with E-state index in [4.69, 9.17) is 33.2 Å². The second-order valence-electron chi connectivity index (χ2n) is 7.25. The molecule has 1 fully saturated rings. The van der Waals surface area contributed by atoms with Gasteiger partial charge >= 0.3 is 0 Å². The molecule has 0 bridgehead atoms. The molecule has 0 saturated carbocycles. The fraction of sp³-hybridized carbons (Fsp3) is 0.550. The highest BCUT2D eigenvalue weighted by atomic mass is 127. The number of carbonyl (C=O) groups is 1. The van der Waals surface area contributed by atoms with E-state index in [0.29, 0.717) is 12.4 Å². The first-order valence-corrected chi connectivity index (χ1v) is 10.3. The van der Waals surface area contributed by atoms with E-state index in [9.17, 15) is 4.79 Å². The summed E-state index contributed by atoms with van der Waals surface area (Å²) in [5, 5.41) is 0. The molecule has 0 unspecified atom stereocenters. The summed E-state index contributed by atoms with van der Waals surface area (Å²) in [6, 6.07) is 3.82. The van der Waals surface area contributed by atoms with Crippen LogP contribution in [0.25, 0.3) is 0 Å². The van der Waals surface area contributed by atoms with Crippen LogP contribution in [-0.2, 0) is 35.1 Å². The Kier molecular flexibility index (Phi) is 5.64. The molecule has 2 aliphatic heterocycles. The Morgan fingerprint density at radius 1 is 1.10 bits per heavy atom. The van der Waals surface area contributed by atoms with Gasteiger partial charge in [0.1, 0.15) is 12.2 Å². The molecule has 1 aromatic rings. The summed E-state index contributed by atoms with van der Waals surface area (Å²) >= 11 is 2.23. The van der Waals surface area contributed by atoms with Gasteiger partial charge in [-0.25, -0.2) is 0 Å². The van der Waals surface area contributed by atoms with Crippen LogP contribution in [0.2, 0.25) is 0 Å². The first-order chi connectivity index (χ1) is 13.8. The molecule has 0 N–H and O–H groups in total. The van der Waals surface area contributed by atoms with Crippen molar-refractivity contribution in [1.82, 2.24) is 0 Å². The number of hydrogen-bond donors (Lipinski definition) is 0. The molecule has 29 heavy (non-hydrogen) atoms. The molecule has 1 saturated heterocycles. The summed E-state index contributed by atoms with van der Waals surface area (Å²) in [5.74, 6) is -1.25. The summed E-state index contributed by atoms with van der Waals surface area (Å²) in [5.41, 5.74) is 0.949. The van der Waals surface area contributed by atoms with Gasteiger partial charge in [-0.15, -0.1) is 0 Å². The molecule has 0 aromatic heterocycles. The first-order valence-electron chi connectivity index (χ1n) is 9.18. The number of ether oxygens (including phenoxy) is 7. The van der Waals surface area contributed by atoms with E-state index in [1.165, 1.54) is 20.3 Å². The van der Waals surface area contributed by atoms with Crippen LogP contribution in [0.5, 0.6) is 11.5 Å². The molecule has 0 radical (unpaired) electrons. The van der Waals surface area contributed by atoms with Gasteiger partial charge in [0.25, 0.3) is 0 Å². The van der Waals surface area contributed by atoms with Crippen molar-refractivity contribution in [3.05, 3.63) is 33.4 Å². The van der Waals surface area contributed by atoms with Crippen LogP contribution in [0.4, 0.5) is 0 Å². The van der Waals surface area contributed by atoms with Gasteiger partial charge in [-0.1, -0.05) is 0 Å². The second-order valence-corrected chi connectivity index (χ2v) is 8.42. The number of ketones is 1. The zero-order valence-electron chi connectivity index (χ0n) is 16.6. The minimum absolute atomic E-state index is 0.200. The zero-order valence-corrected chi connectivity index (χ0v) is 18.8. The van der Waals surface area contributed by atoms with Gasteiger partial charge in [0.2, 0.25) is 18.4 Å². The second kappa shape index (κ2) is 7.78. The van der Waals surface area contributed by atoms with Gasteiger partial charge in [-0.2, -0.15) is 0 Å². The van der Waals surface area contributed by atoms with Crippen molar-refractivity contribution in [3.63, 3.8) is 0 Å². The van der Waals surface area contributed by atoms with E-state index in [0.717, 1.165) is 14.9 Å². The molecule has 9 heteroatoms. The van der Waals surface area contributed by atoms with E-state index in [1.807, 2.05) is 12.1 Å². The van der Waals surface area contributed by atoms with Crippen molar-refractivity contribution in [2.24, 2.45) is 0 Å². The van der Waals surface area contributed by atoms with E-state index in [1.54, 1.807) is 19.9 Å². The van der Waals surface area contributed by atoms with Gasteiger partial charge in [-0.3, -0.25) is 4.79 Å². The van der Waals surface area contributed by atoms with E-state index >= 15 is 0 Å². The molecule has 0 amide bonds. The predicted molar refractivity (Wildman–Crippen MR) is 109 cm³/mol. The Morgan fingerprint density at radius 2 is 1.76 bits per heavy atom. The van der Waals surface area contributed by atoms with Crippen LogP contribution in [0, 0.1) is 3.57 Å². The third kappa shape index (κ3) is 3.57. The maximum Gasteiger partial charge on any atom is 0.231 e. The molecule has 2 heterocycles. The van der Waals surface area contributed by atoms with Crippen molar-refractivity contribution in [2.75, 3.05) is 21.0 Å². The van der Waals surface area contributed by atoms with Crippen LogP contribution in [0.15, 0.2) is 24.3 Å². The topological polar surface area (TPSA) is 81.7 Å². The third-order valence-corrected chi connectivity index (χ3v) is 6.65. The Morgan fingerprint density at radius 3 is 2.45 bits per heavy atom. The fourth-order valence-electron chi connectivity index (χ4n) is 3.57. The van der Waals surface area contributed by atoms with Gasteiger partial charge in [-0.05, 0) is 66.3 Å². The first kappa shape index (κ1) is 21.0. The lowest BCUT2D eigenvalue weighted by molar-refractivity contribution is -0.447. The summed E-state index contributed by atoms with van der Waals surface area (Å²) in [6.45, 7) is 3.92. The number of hydrogen-bond acceptors (Lipinski definition) is 8. The molecule has 158 valence electrons. The van der Waals surface area contributed by atoms with E-state index in [2.05, 4.69) is 22.6 Å². The average molecular weight is 518 g/mol. The fourth-order valence-corrected chi connectivity index (χ4v) is 4.17. The number of rotatable bonds is 5. The van der Waals surface area contributed by atoms with Crippen molar-refractivity contribution in [3.8, 4) is 11.5 Å². The van der Waals surface area contributed by atoms with E-state index in [-0.39, 0.29) is 12.6 Å². The molecule has 3 aliphatic rings. The normalized spacial score (nSPS) is 35.6. The highest BCUT2D eigenvalue weighted by Crippen LogP contribution is 2.42. The monoisotopic (exact) mass is 518 g/mol. The third-order valence-electron chi connectivity index (χ3n) is 5.64. The molecule has 4 rings (SSSR count). The van der Waals surface area contributed by atoms with Crippen LogP contribution in [-0.4, -0.2) is 56.7 Å². The Bertz CT molecular complexity index is 842. The smallest absolute Gasteiger partial charge is 0.231 e. The maximum absolute atomic E-state index is 12.5. The molecule has 0 spiro atoms. The number of methoxy groups -OCH3 is 2. The van der Waals surface area contributed by atoms with Crippen LogP contribution in [0.3, 0.4) is 0 Å². The van der Waals surface area contributed by atoms with Crippen LogP contribution >= 0.6 is 22.6 Å². The molecule has 1 aliphatic carbocycles. The zero-order chi connectivity index (χ0) is 20.8. The highest BCUT2D eigenvalue weighted by molar-refractivity contribution is 14.1. The lowest BCUT2D eigenvalue weighted by Gasteiger charge is -2.53. The number of benzene rings is 1. The van der Waals surface area contributed by atoms with E-state index < -0.39 is 29.9 Å². The Hall–Kier alpha value is -1.24. The maximum atomic E-state index is 12.5. The minimum atomic E-state index is -1.25. The summed E-state index contributed by atoms with van der Waals surface area (Å²) < 4.78 is 41.2. The Labute approximate surface area is 182 Å². The average Bonchev–Trinajstić information content (AvgIpc) is 3.16. The van der Waals surface area contributed by atoms with Gasteiger partial charge < -0.3 is 33.2 Å². The highest BCUT2D eigenvalue weighted by Gasteiger charge is 2.60. The minimum Gasteiger partial charge on any atom is -0.454 e. The number of carbonyl (C=O) groups excluding carboxylic acids is 1. The summed E-state index contributed by atoms with van der Waals surface area (Å²) in [7, 11) is 2.99. The van der Waals surface area contributed by atoms with Crippen molar-refractivity contribution >= 4 is 28.4 Å². The van der Waals surface area contributed by atoms with Crippen LogP contribution in [0.1, 0.15) is 19.4 Å². The number of fused-ring (bicyclic) bond motifs is 2. The van der Waals surface area contributed by atoms with Crippen molar-refractivity contribution < 1.29 is 38.0 Å². The SMILES string of the molecule is CO[C@]1(C)O[C@H]2[C@H](OCc3cc4c(cc3I)OCO4)C=CC(=O)[C@@H]2O[C@@]1(C)OC. The lowest BCUT2D eigenvalue weighted by atomic mass is 9.93. The van der Waals surface area contributed by atoms with Gasteiger partial charge in [0.05, 0.1) is 6.61 Å². The summed E-state index contributed by atoms with van der Waals surface area (Å²) in [6.07, 6.45) is 1.13. The predicted octanol–water partition coefficient (Wildman–Crippen LogP) is 2.55. The largest absolute Gasteiger partial charge is 0.454 e. The lowest BCUT2D eigenvalue weighted by Crippen LogP contribution is -2.69.